The van der Waals surface area contributed by atoms with E-state index in [1.54, 1.807) is 0 Å². The van der Waals surface area contributed by atoms with E-state index in [1.165, 1.54) is 12.1 Å². The summed E-state index contributed by atoms with van der Waals surface area (Å²) in [6.07, 6.45) is 0.392. The van der Waals surface area contributed by atoms with Crippen molar-refractivity contribution in [2.24, 2.45) is 5.92 Å². The molecule has 0 spiro atoms. The summed E-state index contributed by atoms with van der Waals surface area (Å²) < 4.78 is 19.2. The molecule has 1 aliphatic heterocycles. The van der Waals surface area contributed by atoms with Gasteiger partial charge in [-0.3, -0.25) is 9.59 Å². The molecule has 0 radical (unpaired) electrons. The van der Waals surface area contributed by atoms with Crippen molar-refractivity contribution in [3.63, 3.8) is 0 Å². The number of carboxylic acid groups (broad SMARTS) is 1. The van der Waals surface area contributed by atoms with Crippen LogP contribution in [-0.4, -0.2) is 41.6 Å². The monoisotopic (exact) mass is 352 g/mol. The fourth-order valence-corrected chi connectivity index (χ4v) is 2.50. The third-order valence-corrected chi connectivity index (χ3v) is 3.88. The molecular formula is C17H21FN2O5. The van der Waals surface area contributed by atoms with Gasteiger partial charge in [-0.15, -0.1) is 0 Å². The van der Waals surface area contributed by atoms with Crippen LogP contribution >= 0.6 is 0 Å². The van der Waals surface area contributed by atoms with Gasteiger partial charge >= 0.3 is 5.97 Å². The van der Waals surface area contributed by atoms with Crippen LogP contribution in [0.5, 0.6) is 0 Å². The number of carbonyl (C=O) groups is 3. The number of benzene rings is 1. The molecule has 1 unspecified atom stereocenters. The van der Waals surface area contributed by atoms with E-state index in [9.17, 15) is 23.9 Å². The largest absolute Gasteiger partial charge is 0.479 e. The number of halogens is 1. The highest BCUT2D eigenvalue weighted by molar-refractivity contribution is 5.99. The van der Waals surface area contributed by atoms with Gasteiger partial charge in [-0.1, -0.05) is 13.8 Å². The zero-order valence-electron chi connectivity index (χ0n) is 14.1. The normalized spacial score (nSPS) is 19.7. The molecular weight excluding hydrogens is 331 g/mol. The number of rotatable bonds is 6. The van der Waals surface area contributed by atoms with Gasteiger partial charge in [0.25, 0.3) is 5.91 Å². The van der Waals surface area contributed by atoms with E-state index in [1.807, 2.05) is 13.8 Å². The van der Waals surface area contributed by atoms with Crippen LogP contribution in [0.2, 0.25) is 0 Å². The average molecular weight is 352 g/mol. The van der Waals surface area contributed by atoms with Crippen LogP contribution in [0.3, 0.4) is 0 Å². The Balaban J connectivity index is 2.10. The molecule has 2 amide bonds. The molecule has 2 rings (SSSR count). The van der Waals surface area contributed by atoms with E-state index in [0.717, 1.165) is 6.07 Å². The second-order valence-corrected chi connectivity index (χ2v) is 6.48. The zero-order valence-corrected chi connectivity index (χ0v) is 14.1. The summed E-state index contributed by atoms with van der Waals surface area (Å²) in [5.41, 5.74) is -1.57. The molecule has 1 aromatic rings. The van der Waals surface area contributed by atoms with Crippen molar-refractivity contribution in [1.82, 2.24) is 5.32 Å². The summed E-state index contributed by atoms with van der Waals surface area (Å²) in [7, 11) is 0. The van der Waals surface area contributed by atoms with E-state index < -0.39 is 23.2 Å². The maximum Gasteiger partial charge on any atom is 0.331 e. The van der Waals surface area contributed by atoms with Gasteiger partial charge in [0.2, 0.25) is 5.91 Å². The van der Waals surface area contributed by atoms with Crippen molar-refractivity contribution < 1.29 is 28.6 Å². The molecule has 1 atom stereocenters. The van der Waals surface area contributed by atoms with Gasteiger partial charge in [0, 0.05) is 25.0 Å². The second-order valence-electron chi connectivity index (χ2n) is 6.48. The summed E-state index contributed by atoms with van der Waals surface area (Å²) in [5, 5.41) is 14.2. The third kappa shape index (κ3) is 4.54. The molecule has 8 heteroatoms. The van der Waals surface area contributed by atoms with Crippen LogP contribution in [0.15, 0.2) is 18.2 Å². The summed E-state index contributed by atoms with van der Waals surface area (Å²) in [4.78, 5) is 35.4. The molecule has 3 N–H and O–H groups in total. The first-order valence-electron chi connectivity index (χ1n) is 7.96. The maximum atomic E-state index is 14.1. The molecule has 0 saturated carbocycles. The lowest BCUT2D eigenvalue weighted by atomic mass is 9.98. The topological polar surface area (TPSA) is 105 Å². The molecule has 1 heterocycles. The molecule has 25 heavy (non-hydrogen) atoms. The van der Waals surface area contributed by atoms with E-state index in [4.69, 9.17) is 4.74 Å². The Morgan fingerprint density at radius 1 is 1.36 bits per heavy atom. The molecule has 7 nitrogen and oxygen atoms in total. The van der Waals surface area contributed by atoms with Crippen molar-refractivity contribution in [2.45, 2.75) is 32.2 Å². The SMILES string of the molecule is CC(C)CC(=O)Nc1ccc(C(=O)NC2(C(=O)O)CCOC2)cc1F. The number of carboxylic acids is 1. The van der Waals surface area contributed by atoms with E-state index in [2.05, 4.69) is 10.6 Å². The molecule has 1 aliphatic rings. The van der Waals surface area contributed by atoms with Gasteiger partial charge in [-0.05, 0) is 24.1 Å². The fraction of sp³-hybridized carbons (Fsp3) is 0.471. The number of hydrogen-bond acceptors (Lipinski definition) is 4. The number of aliphatic carboxylic acids is 1. The molecule has 1 fully saturated rings. The Morgan fingerprint density at radius 3 is 2.60 bits per heavy atom. The molecule has 136 valence electrons. The van der Waals surface area contributed by atoms with Gasteiger partial charge in [0.15, 0.2) is 5.54 Å². The molecule has 1 aromatic carbocycles. The second kappa shape index (κ2) is 7.60. The lowest BCUT2D eigenvalue weighted by molar-refractivity contribution is -0.144. The minimum Gasteiger partial charge on any atom is -0.479 e. The van der Waals surface area contributed by atoms with Crippen LogP contribution in [0, 0.1) is 11.7 Å². The quantitative estimate of drug-likeness (QED) is 0.724. The van der Waals surface area contributed by atoms with E-state index in [0.29, 0.717) is 0 Å². The Morgan fingerprint density at radius 2 is 2.08 bits per heavy atom. The van der Waals surface area contributed by atoms with E-state index >= 15 is 0 Å². The van der Waals surface area contributed by atoms with Crippen molar-refractivity contribution in [3.8, 4) is 0 Å². The highest BCUT2D eigenvalue weighted by atomic mass is 19.1. The lowest BCUT2D eigenvalue weighted by Crippen LogP contribution is -2.55. The fourth-order valence-electron chi connectivity index (χ4n) is 2.50. The predicted octanol–water partition coefficient (Wildman–Crippen LogP) is 1.78. The van der Waals surface area contributed by atoms with Gasteiger partial charge in [-0.2, -0.15) is 0 Å². The summed E-state index contributed by atoms with van der Waals surface area (Å²) in [5.74, 6) is -2.87. The van der Waals surface area contributed by atoms with Crippen LogP contribution < -0.4 is 10.6 Å². The van der Waals surface area contributed by atoms with Crippen molar-refractivity contribution in [1.29, 1.82) is 0 Å². The van der Waals surface area contributed by atoms with Crippen LogP contribution in [-0.2, 0) is 14.3 Å². The first-order chi connectivity index (χ1) is 11.7. The Kier molecular flexibility index (Phi) is 5.73. The number of amides is 2. The zero-order chi connectivity index (χ0) is 18.6. The predicted molar refractivity (Wildman–Crippen MR) is 87.8 cm³/mol. The Labute approximate surface area is 144 Å². The first-order valence-corrected chi connectivity index (χ1v) is 7.96. The Hall–Kier alpha value is -2.48. The molecule has 0 bridgehead atoms. The molecule has 0 aliphatic carbocycles. The maximum absolute atomic E-state index is 14.1. The molecule has 1 saturated heterocycles. The standard InChI is InChI=1S/C17H21FN2O5/c1-10(2)7-14(21)19-13-4-3-11(8-12(13)18)15(22)20-17(16(23)24)5-6-25-9-17/h3-4,8,10H,5-7,9H2,1-2H3,(H,19,21)(H,20,22)(H,23,24). The summed E-state index contributed by atoms with van der Waals surface area (Å²) >= 11 is 0. The van der Waals surface area contributed by atoms with Crippen LogP contribution in [0.4, 0.5) is 10.1 Å². The van der Waals surface area contributed by atoms with Crippen LogP contribution in [0.1, 0.15) is 37.0 Å². The highest BCUT2D eigenvalue weighted by Gasteiger charge is 2.44. The number of hydrogen-bond donors (Lipinski definition) is 3. The number of ether oxygens (including phenoxy) is 1. The van der Waals surface area contributed by atoms with Crippen molar-refractivity contribution in [2.75, 3.05) is 18.5 Å². The Bertz CT molecular complexity index is 684. The summed E-state index contributed by atoms with van der Waals surface area (Å²) in [6.45, 7) is 3.82. The highest BCUT2D eigenvalue weighted by Crippen LogP contribution is 2.21. The number of carbonyl (C=O) groups excluding carboxylic acids is 2. The van der Waals surface area contributed by atoms with Crippen molar-refractivity contribution >= 4 is 23.5 Å². The summed E-state index contributed by atoms with van der Waals surface area (Å²) in [6, 6.07) is 3.57. The van der Waals surface area contributed by atoms with Gasteiger partial charge in [-0.25, -0.2) is 9.18 Å². The minimum absolute atomic E-state index is 0.0284. The van der Waals surface area contributed by atoms with Crippen LogP contribution in [0.25, 0.3) is 0 Å². The third-order valence-electron chi connectivity index (χ3n) is 3.88. The van der Waals surface area contributed by atoms with Gasteiger partial charge in [0.1, 0.15) is 5.82 Å². The molecule has 0 aromatic heterocycles. The minimum atomic E-state index is -1.50. The van der Waals surface area contributed by atoms with Crippen molar-refractivity contribution in [3.05, 3.63) is 29.6 Å². The smallest absolute Gasteiger partial charge is 0.331 e. The lowest BCUT2D eigenvalue weighted by Gasteiger charge is -2.23. The average Bonchev–Trinajstić information content (AvgIpc) is 2.98. The number of nitrogens with one attached hydrogen (secondary N) is 2. The number of anilines is 1. The van der Waals surface area contributed by atoms with Gasteiger partial charge < -0.3 is 20.5 Å². The van der Waals surface area contributed by atoms with E-state index in [-0.39, 0.29) is 49.1 Å². The first kappa shape index (κ1) is 18.9. The van der Waals surface area contributed by atoms with Gasteiger partial charge in [0.05, 0.1) is 12.3 Å².